The zero-order valence-electron chi connectivity index (χ0n) is 20.8. The van der Waals surface area contributed by atoms with Gasteiger partial charge >= 0.3 is 0 Å². The van der Waals surface area contributed by atoms with Crippen molar-refractivity contribution < 1.29 is 9.53 Å². The lowest BCUT2D eigenvalue weighted by Crippen LogP contribution is -2.36. The van der Waals surface area contributed by atoms with Crippen molar-refractivity contribution in [3.63, 3.8) is 0 Å². The number of benzene rings is 2. The number of carbonyl (C=O) groups excluding carboxylic acids is 1. The van der Waals surface area contributed by atoms with Crippen molar-refractivity contribution in [3.05, 3.63) is 83.4 Å². The van der Waals surface area contributed by atoms with Gasteiger partial charge in [0.1, 0.15) is 12.6 Å². The summed E-state index contributed by atoms with van der Waals surface area (Å²) in [4.78, 5) is 20.9. The van der Waals surface area contributed by atoms with E-state index in [4.69, 9.17) is 4.74 Å². The van der Waals surface area contributed by atoms with Crippen LogP contribution in [-0.4, -0.2) is 41.8 Å². The van der Waals surface area contributed by atoms with Crippen LogP contribution in [0.2, 0.25) is 0 Å². The molecule has 0 fully saturated rings. The van der Waals surface area contributed by atoms with Crippen LogP contribution in [0.1, 0.15) is 59.7 Å². The summed E-state index contributed by atoms with van der Waals surface area (Å²) in [6.45, 7) is 3.31. The summed E-state index contributed by atoms with van der Waals surface area (Å²) in [6.07, 6.45) is 12.1. The van der Waals surface area contributed by atoms with E-state index in [0.717, 1.165) is 49.8 Å². The van der Waals surface area contributed by atoms with Crippen molar-refractivity contribution in [2.45, 2.75) is 64.1 Å². The number of aryl methyl sites for hydroxylation is 1. The molecule has 3 aromatic rings. The van der Waals surface area contributed by atoms with E-state index in [9.17, 15) is 4.79 Å². The van der Waals surface area contributed by atoms with Crippen LogP contribution in [-0.2, 0) is 24.0 Å². The molecule has 1 unspecified atom stereocenters. The molecular formula is C29H36N4O2. The molecule has 0 bridgehead atoms. The quantitative estimate of drug-likeness (QED) is 0.395. The van der Waals surface area contributed by atoms with Gasteiger partial charge in [-0.1, -0.05) is 37.3 Å². The van der Waals surface area contributed by atoms with Gasteiger partial charge in [-0.15, -0.1) is 0 Å². The number of hydrogen-bond donors (Lipinski definition) is 2. The van der Waals surface area contributed by atoms with Gasteiger partial charge < -0.3 is 15.4 Å². The Morgan fingerprint density at radius 3 is 2.66 bits per heavy atom. The zero-order chi connectivity index (χ0) is 24.5. The van der Waals surface area contributed by atoms with E-state index in [1.165, 1.54) is 35.9 Å². The highest BCUT2D eigenvalue weighted by Gasteiger charge is 2.20. The van der Waals surface area contributed by atoms with E-state index in [2.05, 4.69) is 45.7 Å². The molecule has 184 valence electrons. The van der Waals surface area contributed by atoms with Gasteiger partial charge in [0.25, 0.3) is 5.91 Å². The van der Waals surface area contributed by atoms with Crippen molar-refractivity contribution in [2.24, 2.45) is 0 Å². The average molecular weight is 473 g/mol. The van der Waals surface area contributed by atoms with Crippen LogP contribution in [0.4, 0.5) is 0 Å². The fourth-order valence-corrected chi connectivity index (χ4v) is 4.86. The van der Waals surface area contributed by atoms with Crippen LogP contribution in [0.5, 0.6) is 0 Å². The number of methoxy groups -OCH3 is 1. The van der Waals surface area contributed by atoms with E-state index in [1.807, 2.05) is 24.3 Å². The predicted molar refractivity (Wildman–Crippen MR) is 139 cm³/mol. The molecule has 35 heavy (non-hydrogen) atoms. The van der Waals surface area contributed by atoms with E-state index >= 15 is 0 Å². The smallest absolute Gasteiger partial charge is 0.253 e. The molecular weight excluding hydrogens is 436 g/mol. The van der Waals surface area contributed by atoms with Crippen LogP contribution in [0.15, 0.2) is 61.2 Å². The molecule has 0 saturated carbocycles. The molecule has 2 N–H and O–H groups in total. The third-order valence-corrected chi connectivity index (χ3v) is 6.79. The molecule has 1 aliphatic rings. The Kier molecular flexibility index (Phi) is 8.98. The Morgan fingerprint density at radius 2 is 1.91 bits per heavy atom. The number of nitrogens with zero attached hydrogens (tertiary/aromatic N) is 2. The summed E-state index contributed by atoms with van der Waals surface area (Å²) in [6, 6.07) is 14.8. The van der Waals surface area contributed by atoms with Crippen LogP contribution in [0, 0.1) is 0 Å². The first-order chi connectivity index (χ1) is 17.2. The monoisotopic (exact) mass is 472 g/mol. The summed E-state index contributed by atoms with van der Waals surface area (Å²) < 4.78 is 5.58. The first-order valence-electron chi connectivity index (χ1n) is 12.7. The molecule has 1 aliphatic carbocycles. The lowest BCUT2D eigenvalue weighted by Gasteiger charge is -2.27. The van der Waals surface area contributed by atoms with Gasteiger partial charge in [0.15, 0.2) is 0 Å². The Balaban J connectivity index is 1.29. The lowest BCUT2D eigenvalue weighted by molar-refractivity contribution is 0.0530. The standard InChI is InChI=1S/C29H36N4O2/c1-3-16-32-26-14-15-27-22(6-4-8-24(27)17-26)7-5-9-28(35-2)33-29(34)23-12-10-21(11-13-23)25-18-30-20-31-19-25/h4,6,8,10-13,18-20,26,28,32H,3,5,7,9,14-17H2,1-2H3,(H,33,34)/t26-,28?/m0/s1. The number of fused-ring (bicyclic) bond motifs is 1. The van der Waals surface area contributed by atoms with Gasteiger partial charge in [-0.3, -0.25) is 4.79 Å². The van der Waals surface area contributed by atoms with Crippen molar-refractivity contribution in [1.82, 2.24) is 20.6 Å². The normalized spacial score (nSPS) is 15.9. The third kappa shape index (κ3) is 6.74. The Labute approximate surface area is 208 Å². The maximum absolute atomic E-state index is 12.8. The van der Waals surface area contributed by atoms with Crippen LogP contribution in [0.3, 0.4) is 0 Å². The molecule has 1 amide bonds. The second-order valence-electron chi connectivity index (χ2n) is 9.24. The van der Waals surface area contributed by atoms with Gasteiger partial charge in [-0.2, -0.15) is 0 Å². The fourth-order valence-electron chi connectivity index (χ4n) is 4.86. The summed E-state index contributed by atoms with van der Waals surface area (Å²) in [5, 5.41) is 6.70. The Bertz CT molecular complexity index is 1090. The summed E-state index contributed by atoms with van der Waals surface area (Å²) in [5.74, 6) is -0.129. The first kappa shape index (κ1) is 25.0. The van der Waals surface area contributed by atoms with Crippen molar-refractivity contribution in [1.29, 1.82) is 0 Å². The SMILES string of the molecule is CCCN[C@H]1CCc2c(CCCC(NC(=O)c3ccc(-c4cncnc4)cc3)OC)cccc2C1. The van der Waals surface area contributed by atoms with Crippen LogP contribution in [0.25, 0.3) is 11.1 Å². The number of hydrogen-bond acceptors (Lipinski definition) is 5. The molecule has 2 aromatic carbocycles. The topological polar surface area (TPSA) is 76.1 Å². The number of aromatic nitrogens is 2. The zero-order valence-corrected chi connectivity index (χ0v) is 20.8. The number of nitrogens with one attached hydrogen (secondary N) is 2. The minimum Gasteiger partial charge on any atom is -0.362 e. The van der Waals surface area contributed by atoms with Gasteiger partial charge in [0.05, 0.1) is 0 Å². The molecule has 0 radical (unpaired) electrons. The molecule has 0 spiro atoms. The molecule has 1 aromatic heterocycles. The van der Waals surface area contributed by atoms with Gasteiger partial charge in [0, 0.05) is 36.7 Å². The molecule has 4 rings (SSSR count). The maximum Gasteiger partial charge on any atom is 0.253 e. The van der Waals surface area contributed by atoms with E-state index in [-0.39, 0.29) is 12.1 Å². The van der Waals surface area contributed by atoms with Gasteiger partial charge in [-0.25, -0.2) is 9.97 Å². The van der Waals surface area contributed by atoms with Gasteiger partial charge in [-0.05, 0) is 85.9 Å². The van der Waals surface area contributed by atoms with Crippen molar-refractivity contribution >= 4 is 5.91 Å². The number of amides is 1. The third-order valence-electron chi connectivity index (χ3n) is 6.79. The highest BCUT2D eigenvalue weighted by Crippen LogP contribution is 2.26. The molecule has 0 saturated heterocycles. The minimum atomic E-state index is -0.313. The van der Waals surface area contributed by atoms with E-state index in [1.54, 1.807) is 19.5 Å². The van der Waals surface area contributed by atoms with E-state index < -0.39 is 0 Å². The lowest BCUT2D eigenvalue weighted by atomic mass is 9.84. The number of ether oxygens (including phenoxy) is 1. The van der Waals surface area contributed by atoms with Crippen molar-refractivity contribution in [2.75, 3.05) is 13.7 Å². The Morgan fingerprint density at radius 1 is 1.11 bits per heavy atom. The molecule has 6 heteroatoms. The summed E-state index contributed by atoms with van der Waals surface area (Å²) >= 11 is 0. The fraction of sp³-hybridized carbons (Fsp3) is 0.414. The molecule has 0 aliphatic heterocycles. The predicted octanol–water partition coefficient (Wildman–Crippen LogP) is 4.73. The first-order valence-corrected chi connectivity index (χ1v) is 12.7. The maximum atomic E-state index is 12.8. The Hall–Kier alpha value is -3.09. The second kappa shape index (κ2) is 12.6. The highest BCUT2D eigenvalue weighted by atomic mass is 16.5. The van der Waals surface area contributed by atoms with Crippen molar-refractivity contribution in [3.8, 4) is 11.1 Å². The minimum absolute atomic E-state index is 0.129. The molecule has 6 nitrogen and oxygen atoms in total. The highest BCUT2D eigenvalue weighted by molar-refractivity contribution is 5.94. The second-order valence-corrected chi connectivity index (χ2v) is 9.24. The van der Waals surface area contributed by atoms with Crippen LogP contribution >= 0.6 is 0 Å². The van der Waals surface area contributed by atoms with E-state index in [0.29, 0.717) is 11.6 Å². The van der Waals surface area contributed by atoms with Gasteiger partial charge in [0.2, 0.25) is 0 Å². The summed E-state index contributed by atoms with van der Waals surface area (Å²) in [7, 11) is 1.65. The van der Waals surface area contributed by atoms with Crippen LogP contribution < -0.4 is 10.6 Å². The molecule has 1 heterocycles. The largest absolute Gasteiger partial charge is 0.362 e. The summed E-state index contributed by atoms with van der Waals surface area (Å²) in [5.41, 5.74) is 6.97. The number of rotatable bonds is 11. The average Bonchev–Trinajstić information content (AvgIpc) is 2.91. The number of carbonyl (C=O) groups is 1. The molecule has 2 atom stereocenters.